The van der Waals surface area contributed by atoms with Crippen LogP contribution in [-0.4, -0.2) is 42.7 Å². The maximum absolute atomic E-state index is 6.06. The fourth-order valence-corrected chi connectivity index (χ4v) is 3.56. The van der Waals surface area contributed by atoms with E-state index in [-0.39, 0.29) is 0 Å². The number of nitrogens with two attached hydrogens (primary N) is 1. The quantitative estimate of drug-likeness (QED) is 0.787. The van der Waals surface area contributed by atoms with E-state index in [2.05, 4.69) is 24.1 Å². The first-order chi connectivity index (χ1) is 8.66. The van der Waals surface area contributed by atoms with Gasteiger partial charge in [-0.1, -0.05) is 20.3 Å². The summed E-state index contributed by atoms with van der Waals surface area (Å²) in [5, 5.41) is 3.79. The first-order valence-corrected chi connectivity index (χ1v) is 7.90. The van der Waals surface area contributed by atoms with Crippen LogP contribution in [-0.2, 0) is 0 Å². The molecule has 1 aliphatic carbocycles. The van der Waals surface area contributed by atoms with Gasteiger partial charge in [-0.05, 0) is 51.1 Å². The standard InChI is InChI=1S/C15H31N3/c1-12(2)15(18-8-3-4-9-18)11-17-14-7-5-6-13(16)10-14/h12-15,17H,3-11,16H2,1-2H3. The summed E-state index contributed by atoms with van der Waals surface area (Å²) in [7, 11) is 0. The van der Waals surface area contributed by atoms with Crippen LogP contribution in [0.3, 0.4) is 0 Å². The van der Waals surface area contributed by atoms with Crippen LogP contribution in [0.15, 0.2) is 0 Å². The molecule has 0 aromatic heterocycles. The van der Waals surface area contributed by atoms with E-state index in [1.807, 2.05) is 0 Å². The highest BCUT2D eigenvalue weighted by molar-refractivity contribution is 4.85. The Bertz CT molecular complexity index is 236. The van der Waals surface area contributed by atoms with Gasteiger partial charge in [-0.2, -0.15) is 0 Å². The smallest absolute Gasteiger partial charge is 0.0243 e. The van der Waals surface area contributed by atoms with Crippen molar-refractivity contribution in [3.63, 3.8) is 0 Å². The topological polar surface area (TPSA) is 41.3 Å². The maximum Gasteiger partial charge on any atom is 0.0243 e. The van der Waals surface area contributed by atoms with Crippen LogP contribution >= 0.6 is 0 Å². The average Bonchev–Trinajstić information content (AvgIpc) is 2.82. The molecule has 106 valence electrons. The molecule has 1 saturated heterocycles. The lowest BCUT2D eigenvalue weighted by Crippen LogP contribution is -2.48. The molecule has 2 fully saturated rings. The molecular formula is C15H31N3. The summed E-state index contributed by atoms with van der Waals surface area (Å²) >= 11 is 0. The minimum atomic E-state index is 0.431. The summed E-state index contributed by atoms with van der Waals surface area (Å²) in [6, 6.07) is 1.81. The average molecular weight is 253 g/mol. The molecule has 3 heteroatoms. The molecule has 0 radical (unpaired) electrons. The Morgan fingerprint density at radius 2 is 1.89 bits per heavy atom. The Morgan fingerprint density at radius 3 is 2.50 bits per heavy atom. The molecule has 0 amide bonds. The first kappa shape index (κ1) is 14.3. The minimum Gasteiger partial charge on any atom is -0.328 e. The van der Waals surface area contributed by atoms with Crippen molar-refractivity contribution in [2.24, 2.45) is 11.7 Å². The van der Waals surface area contributed by atoms with Gasteiger partial charge in [0, 0.05) is 24.7 Å². The first-order valence-electron chi connectivity index (χ1n) is 7.90. The fraction of sp³-hybridized carbons (Fsp3) is 1.00. The molecule has 3 N–H and O–H groups in total. The normalized spacial score (nSPS) is 32.0. The van der Waals surface area contributed by atoms with E-state index in [1.54, 1.807) is 0 Å². The number of hydrogen-bond donors (Lipinski definition) is 2. The van der Waals surface area contributed by atoms with Crippen LogP contribution in [0.25, 0.3) is 0 Å². The lowest BCUT2D eigenvalue weighted by molar-refractivity contribution is 0.176. The summed E-state index contributed by atoms with van der Waals surface area (Å²) in [6.45, 7) is 8.47. The second kappa shape index (κ2) is 6.88. The summed E-state index contributed by atoms with van der Waals surface area (Å²) < 4.78 is 0. The van der Waals surface area contributed by atoms with Crippen molar-refractivity contribution in [1.82, 2.24) is 10.2 Å². The lowest BCUT2D eigenvalue weighted by atomic mass is 9.91. The van der Waals surface area contributed by atoms with Crippen LogP contribution in [0.1, 0.15) is 52.4 Å². The Labute approximate surface area is 112 Å². The Morgan fingerprint density at radius 1 is 1.17 bits per heavy atom. The molecule has 0 aromatic carbocycles. The van der Waals surface area contributed by atoms with Crippen LogP contribution in [0.2, 0.25) is 0 Å². The zero-order valence-electron chi connectivity index (χ0n) is 12.2. The maximum atomic E-state index is 6.06. The van der Waals surface area contributed by atoms with E-state index in [9.17, 15) is 0 Å². The van der Waals surface area contributed by atoms with E-state index < -0.39 is 0 Å². The summed E-state index contributed by atoms with van der Waals surface area (Å²) in [5.74, 6) is 0.743. The van der Waals surface area contributed by atoms with Crippen molar-refractivity contribution in [2.75, 3.05) is 19.6 Å². The SMILES string of the molecule is CC(C)C(CNC1CCCC(N)C1)N1CCCC1. The zero-order valence-corrected chi connectivity index (χ0v) is 12.2. The molecule has 1 aliphatic heterocycles. The van der Waals surface area contributed by atoms with Gasteiger partial charge in [-0.15, -0.1) is 0 Å². The van der Waals surface area contributed by atoms with E-state index >= 15 is 0 Å². The van der Waals surface area contributed by atoms with Gasteiger partial charge in [0.25, 0.3) is 0 Å². The second-order valence-electron chi connectivity index (χ2n) is 6.59. The third kappa shape index (κ3) is 3.94. The molecule has 2 rings (SSSR count). The Kier molecular flexibility index (Phi) is 5.46. The predicted octanol–water partition coefficient (Wildman–Crippen LogP) is 1.97. The van der Waals surface area contributed by atoms with Crippen molar-refractivity contribution >= 4 is 0 Å². The fourth-order valence-electron chi connectivity index (χ4n) is 3.56. The third-order valence-corrected chi connectivity index (χ3v) is 4.71. The van der Waals surface area contributed by atoms with Crippen molar-refractivity contribution in [1.29, 1.82) is 0 Å². The number of nitrogens with zero attached hydrogens (tertiary/aromatic N) is 1. The molecule has 3 nitrogen and oxygen atoms in total. The van der Waals surface area contributed by atoms with Gasteiger partial charge >= 0.3 is 0 Å². The molecule has 3 atom stereocenters. The molecule has 2 aliphatic rings. The molecule has 18 heavy (non-hydrogen) atoms. The summed E-state index contributed by atoms with van der Waals surface area (Å²) in [6.07, 6.45) is 7.78. The van der Waals surface area contributed by atoms with Gasteiger partial charge in [0.15, 0.2) is 0 Å². The molecule has 0 bridgehead atoms. The molecular weight excluding hydrogens is 222 g/mol. The zero-order chi connectivity index (χ0) is 13.0. The number of nitrogens with one attached hydrogen (secondary N) is 1. The van der Waals surface area contributed by atoms with Crippen LogP contribution in [0.5, 0.6) is 0 Å². The van der Waals surface area contributed by atoms with Crippen molar-refractivity contribution in [3.05, 3.63) is 0 Å². The second-order valence-corrected chi connectivity index (χ2v) is 6.59. The lowest BCUT2D eigenvalue weighted by Gasteiger charge is -2.34. The van der Waals surface area contributed by atoms with E-state index in [4.69, 9.17) is 5.73 Å². The van der Waals surface area contributed by atoms with Crippen molar-refractivity contribution in [3.8, 4) is 0 Å². The van der Waals surface area contributed by atoms with Crippen LogP contribution < -0.4 is 11.1 Å². The van der Waals surface area contributed by atoms with E-state index in [0.29, 0.717) is 18.1 Å². The summed E-state index contributed by atoms with van der Waals surface area (Å²) in [5.41, 5.74) is 6.06. The highest BCUT2D eigenvalue weighted by Crippen LogP contribution is 2.20. The Balaban J connectivity index is 1.78. The van der Waals surface area contributed by atoms with Crippen LogP contribution in [0, 0.1) is 5.92 Å². The third-order valence-electron chi connectivity index (χ3n) is 4.71. The monoisotopic (exact) mass is 253 g/mol. The largest absolute Gasteiger partial charge is 0.328 e. The molecule has 0 spiro atoms. The van der Waals surface area contributed by atoms with Gasteiger partial charge < -0.3 is 11.1 Å². The highest BCUT2D eigenvalue weighted by atomic mass is 15.2. The summed E-state index contributed by atoms with van der Waals surface area (Å²) in [4.78, 5) is 2.68. The van der Waals surface area contributed by atoms with Crippen molar-refractivity contribution < 1.29 is 0 Å². The van der Waals surface area contributed by atoms with E-state index in [1.165, 1.54) is 51.6 Å². The van der Waals surface area contributed by atoms with Crippen molar-refractivity contribution in [2.45, 2.75) is 70.5 Å². The number of likely N-dealkylation sites (tertiary alicyclic amines) is 1. The van der Waals surface area contributed by atoms with Gasteiger partial charge in [0.05, 0.1) is 0 Å². The number of hydrogen-bond acceptors (Lipinski definition) is 3. The van der Waals surface area contributed by atoms with E-state index in [0.717, 1.165) is 12.5 Å². The number of rotatable bonds is 5. The molecule has 3 unspecified atom stereocenters. The van der Waals surface area contributed by atoms with Gasteiger partial charge in [0.1, 0.15) is 0 Å². The van der Waals surface area contributed by atoms with Gasteiger partial charge in [-0.25, -0.2) is 0 Å². The van der Waals surface area contributed by atoms with Crippen LogP contribution in [0.4, 0.5) is 0 Å². The predicted molar refractivity (Wildman–Crippen MR) is 77.7 cm³/mol. The van der Waals surface area contributed by atoms with Gasteiger partial charge in [0.2, 0.25) is 0 Å². The highest BCUT2D eigenvalue weighted by Gasteiger charge is 2.26. The Hall–Kier alpha value is -0.120. The molecule has 1 saturated carbocycles. The minimum absolute atomic E-state index is 0.431. The molecule has 1 heterocycles. The molecule has 0 aromatic rings. The van der Waals surface area contributed by atoms with Gasteiger partial charge in [-0.3, -0.25) is 4.90 Å².